The Morgan fingerprint density at radius 2 is 2.08 bits per heavy atom. The lowest BCUT2D eigenvalue weighted by molar-refractivity contribution is -0.670. The van der Waals surface area contributed by atoms with Crippen LogP contribution < -0.4 is 10.9 Å². The fraction of sp³-hybridized carbons (Fsp3) is 0.500. The number of rotatable bonds is 6. The molecule has 1 amide bonds. The van der Waals surface area contributed by atoms with Crippen LogP contribution in [0.4, 0.5) is 0 Å². The minimum absolute atomic E-state index is 0.129. The van der Waals surface area contributed by atoms with Gasteiger partial charge >= 0.3 is 5.63 Å². The molecule has 0 unspecified atom stereocenters. The molecule has 1 aliphatic rings. The van der Waals surface area contributed by atoms with Crippen molar-refractivity contribution >= 4 is 16.9 Å². The van der Waals surface area contributed by atoms with E-state index in [9.17, 15) is 14.7 Å². The highest BCUT2D eigenvalue weighted by molar-refractivity contribution is 5.84. The van der Waals surface area contributed by atoms with Crippen LogP contribution in [0.25, 0.3) is 11.0 Å². The van der Waals surface area contributed by atoms with E-state index >= 15 is 0 Å². The average Bonchev–Trinajstić information content (AvgIpc) is 2.82. The second kappa shape index (κ2) is 8.36. The van der Waals surface area contributed by atoms with Crippen LogP contribution in [0, 0.1) is 6.92 Å². The maximum atomic E-state index is 12.0. The quantitative estimate of drug-likeness (QED) is 0.607. The number of quaternary nitrogens is 1. The number of phenolic OH excluding ortho intramolecular Hbond substituents is 1. The van der Waals surface area contributed by atoms with Crippen molar-refractivity contribution in [3.8, 4) is 5.75 Å². The standard InChI is InChI=1S/C20H26N2O4/c1-14-17(23)8-7-16-15(12-19(25)26-20(14)16)13-21-9-5-11-22-10-4-2-3-6-18(22)24/h7-8,12,21,23H,2-6,9-11,13H2,1H3/p+1. The number of likely N-dealkylation sites (tertiary alicyclic amines) is 1. The van der Waals surface area contributed by atoms with Gasteiger partial charge in [-0.15, -0.1) is 0 Å². The molecule has 1 aromatic carbocycles. The molecule has 0 atom stereocenters. The summed E-state index contributed by atoms with van der Waals surface area (Å²) in [4.78, 5) is 25.8. The van der Waals surface area contributed by atoms with Gasteiger partial charge in [0.05, 0.1) is 6.54 Å². The third-order valence-corrected chi connectivity index (χ3v) is 5.09. The number of hydrogen-bond acceptors (Lipinski definition) is 4. The van der Waals surface area contributed by atoms with Gasteiger partial charge in [-0.2, -0.15) is 0 Å². The van der Waals surface area contributed by atoms with Crippen LogP contribution in [-0.4, -0.2) is 35.5 Å². The van der Waals surface area contributed by atoms with Crippen LogP contribution in [0.1, 0.15) is 43.2 Å². The fourth-order valence-electron chi connectivity index (χ4n) is 3.54. The lowest BCUT2D eigenvalue weighted by atomic mass is 10.1. The second-order valence-electron chi connectivity index (χ2n) is 7.00. The van der Waals surface area contributed by atoms with Crippen LogP contribution >= 0.6 is 0 Å². The molecule has 3 N–H and O–H groups in total. The van der Waals surface area contributed by atoms with Crippen LogP contribution in [-0.2, 0) is 11.3 Å². The van der Waals surface area contributed by atoms with E-state index in [4.69, 9.17) is 4.42 Å². The van der Waals surface area contributed by atoms with E-state index < -0.39 is 5.63 Å². The third kappa shape index (κ3) is 4.25. The molecule has 26 heavy (non-hydrogen) atoms. The monoisotopic (exact) mass is 359 g/mol. The number of amides is 1. The summed E-state index contributed by atoms with van der Waals surface area (Å²) in [5.74, 6) is 0.411. The number of phenols is 1. The molecule has 0 bridgehead atoms. The van der Waals surface area contributed by atoms with Gasteiger partial charge in [0, 0.05) is 48.5 Å². The molecule has 1 fully saturated rings. The minimum Gasteiger partial charge on any atom is -0.508 e. The van der Waals surface area contributed by atoms with Crippen molar-refractivity contribution in [2.75, 3.05) is 19.6 Å². The molecular formula is C20H27N2O4+. The fourth-order valence-corrected chi connectivity index (χ4v) is 3.54. The molecule has 6 heteroatoms. The van der Waals surface area contributed by atoms with Crippen molar-refractivity contribution in [1.29, 1.82) is 0 Å². The first-order chi connectivity index (χ1) is 12.6. The number of aromatic hydroxyl groups is 1. The summed E-state index contributed by atoms with van der Waals surface area (Å²) < 4.78 is 5.27. The van der Waals surface area contributed by atoms with Crippen molar-refractivity contribution in [3.63, 3.8) is 0 Å². The normalized spacial score (nSPS) is 15.4. The Hall–Kier alpha value is -2.34. The smallest absolute Gasteiger partial charge is 0.336 e. The zero-order valence-electron chi connectivity index (χ0n) is 15.3. The number of aryl methyl sites for hydroxylation is 1. The van der Waals surface area contributed by atoms with Gasteiger partial charge in [0.2, 0.25) is 5.91 Å². The first-order valence-corrected chi connectivity index (χ1v) is 9.41. The third-order valence-electron chi connectivity index (χ3n) is 5.09. The number of benzene rings is 1. The SMILES string of the molecule is Cc1c(O)ccc2c(C[NH2+]CCCN3CCCCCC3=O)cc(=O)oc12. The van der Waals surface area contributed by atoms with Gasteiger partial charge in [-0.3, -0.25) is 4.79 Å². The van der Waals surface area contributed by atoms with E-state index in [0.29, 0.717) is 24.1 Å². The van der Waals surface area contributed by atoms with E-state index in [1.54, 1.807) is 19.1 Å². The van der Waals surface area contributed by atoms with E-state index in [1.165, 1.54) is 6.07 Å². The summed E-state index contributed by atoms with van der Waals surface area (Å²) in [5.41, 5.74) is 1.55. The molecule has 3 rings (SSSR count). The first-order valence-electron chi connectivity index (χ1n) is 9.41. The summed E-state index contributed by atoms with van der Waals surface area (Å²) in [6.07, 6.45) is 4.88. The van der Waals surface area contributed by atoms with Gasteiger partial charge in [-0.1, -0.05) is 6.42 Å². The van der Waals surface area contributed by atoms with Crippen molar-refractivity contribution in [1.82, 2.24) is 4.90 Å². The summed E-state index contributed by atoms with van der Waals surface area (Å²) in [6, 6.07) is 4.94. The Morgan fingerprint density at radius 1 is 1.23 bits per heavy atom. The van der Waals surface area contributed by atoms with Gasteiger partial charge < -0.3 is 19.7 Å². The maximum absolute atomic E-state index is 12.0. The topological polar surface area (TPSA) is 87.4 Å². The van der Waals surface area contributed by atoms with E-state index in [2.05, 4.69) is 5.32 Å². The predicted octanol–water partition coefficient (Wildman–Crippen LogP) is 1.66. The summed E-state index contributed by atoms with van der Waals surface area (Å²) in [6.45, 7) is 4.99. The van der Waals surface area contributed by atoms with E-state index in [0.717, 1.165) is 56.3 Å². The molecule has 2 aromatic rings. The highest BCUT2D eigenvalue weighted by Crippen LogP contribution is 2.26. The van der Waals surface area contributed by atoms with E-state index in [-0.39, 0.29) is 11.7 Å². The number of nitrogens with two attached hydrogens (primary N) is 1. The lowest BCUT2D eigenvalue weighted by Crippen LogP contribution is -2.82. The van der Waals surface area contributed by atoms with Crippen LogP contribution in [0.3, 0.4) is 0 Å². The van der Waals surface area contributed by atoms with Crippen molar-refractivity contribution in [2.45, 2.75) is 45.6 Å². The predicted molar refractivity (Wildman–Crippen MR) is 99.0 cm³/mol. The molecule has 0 spiro atoms. The zero-order chi connectivity index (χ0) is 18.5. The summed E-state index contributed by atoms with van der Waals surface area (Å²) in [5, 5.41) is 12.8. The van der Waals surface area contributed by atoms with E-state index in [1.807, 2.05) is 4.90 Å². The maximum Gasteiger partial charge on any atom is 0.336 e. The van der Waals surface area contributed by atoms with Crippen LogP contribution in [0.5, 0.6) is 5.75 Å². The van der Waals surface area contributed by atoms with Gasteiger partial charge in [-0.25, -0.2) is 4.79 Å². The summed E-state index contributed by atoms with van der Waals surface area (Å²) in [7, 11) is 0. The summed E-state index contributed by atoms with van der Waals surface area (Å²) >= 11 is 0. The van der Waals surface area contributed by atoms with Crippen LogP contribution in [0.2, 0.25) is 0 Å². The first kappa shape index (κ1) is 18.5. The average molecular weight is 359 g/mol. The number of nitrogens with zero attached hydrogens (tertiary/aromatic N) is 1. The van der Waals surface area contributed by atoms with Gasteiger partial charge in [0.25, 0.3) is 0 Å². The minimum atomic E-state index is -0.398. The van der Waals surface area contributed by atoms with Crippen molar-refractivity contribution in [3.05, 3.63) is 39.7 Å². The Morgan fingerprint density at radius 3 is 2.92 bits per heavy atom. The number of hydrogen-bond donors (Lipinski definition) is 2. The largest absolute Gasteiger partial charge is 0.508 e. The highest BCUT2D eigenvalue weighted by atomic mass is 16.4. The van der Waals surface area contributed by atoms with Crippen molar-refractivity contribution in [2.24, 2.45) is 0 Å². The molecule has 1 aromatic heterocycles. The molecule has 140 valence electrons. The molecule has 0 saturated carbocycles. The lowest BCUT2D eigenvalue weighted by Gasteiger charge is -2.19. The Bertz CT molecular complexity index is 844. The molecule has 6 nitrogen and oxygen atoms in total. The Labute approximate surface area is 152 Å². The zero-order valence-corrected chi connectivity index (χ0v) is 15.3. The Kier molecular flexibility index (Phi) is 5.93. The molecule has 0 aliphatic carbocycles. The van der Waals surface area contributed by atoms with Gasteiger partial charge in [-0.05, 0) is 31.9 Å². The molecule has 2 heterocycles. The van der Waals surface area contributed by atoms with Crippen molar-refractivity contribution < 1.29 is 19.6 Å². The number of carbonyl (C=O) groups is 1. The van der Waals surface area contributed by atoms with Gasteiger partial charge in [0.15, 0.2) is 0 Å². The molecule has 0 radical (unpaired) electrons. The van der Waals surface area contributed by atoms with Gasteiger partial charge in [0.1, 0.15) is 17.9 Å². The number of carbonyl (C=O) groups excluding carboxylic acids is 1. The number of fused-ring (bicyclic) bond motifs is 1. The Balaban J connectivity index is 1.57. The second-order valence-corrected chi connectivity index (χ2v) is 7.00. The molecular weight excluding hydrogens is 332 g/mol. The molecule has 1 aliphatic heterocycles. The molecule has 1 saturated heterocycles. The van der Waals surface area contributed by atoms with Crippen LogP contribution in [0.15, 0.2) is 27.4 Å². The highest BCUT2D eigenvalue weighted by Gasteiger charge is 2.16.